The fraction of sp³-hybridized carbons (Fsp3) is 0.882. The monoisotopic (exact) mass is 310 g/mol. The van der Waals surface area contributed by atoms with E-state index in [0.717, 1.165) is 77.7 Å². The maximum Gasteiger partial charge on any atom is 0.222 e. The number of hydrogen-bond acceptors (Lipinski definition) is 3. The predicted octanol–water partition coefficient (Wildman–Crippen LogP) is 2.20. The Morgan fingerprint density at radius 1 is 0.727 bits per heavy atom. The van der Waals surface area contributed by atoms with E-state index in [9.17, 15) is 9.59 Å². The fourth-order valence-corrected chi connectivity index (χ4v) is 3.16. The number of hydrogen-bond donors (Lipinski definition) is 0. The molecule has 0 atom stereocenters. The average Bonchev–Trinajstić information content (AvgIpc) is 2.73. The molecule has 5 nitrogen and oxygen atoms in total. The van der Waals surface area contributed by atoms with Gasteiger partial charge in [-0.3, -0.25) is 9.59 Å². The second kappa shape index (κ2) is 9.82. The maximum absolute atomic E-state index is 11.8. The van der Waals surface area contributed by atoms with E-state index in [0.29, 0.717) is 18.9 Å². The molecule has 2 aliphatic rings. The maximum atomic E-state index is 11.8. The Hall–Kier alpha value is -1.10. The highest BCUT2D eigenvalue weighted by Gasteiger charge is 2.17. The molecule has 5 heteroatoms. The molecular formula is C17H30N2O3. The van der Waals surface area contributed by atoms with Gasteiger partial charge < -0.3 is 14.5 Å². The van der Waals surface area contributed by atoms with Crippen molar-refractivity contribution in [2.24, 2.45) is 0 Å². The van der Waals surface area contributed by atoms with Gasteiger partial charge in [0.25, 0.3) is 0 Å². The summed E-state index contributed by atoms with van der Waals surface area (Å²) >= 11 is 0. The highest BCUT2D eigenvalue weighted by Crippen LogP contribution is 2.12. The van der Waals surface area contributed by atoms with E-state index in [1.807, 2.05) is 9.80 Å². The summed E-state index contributed by atoms with van der Waals surface area (Å²) in [5, 5.41) is 0. The number of ether oxygens (including phenoxy) is 1. The molecule has 2 rings (SSSR count). The zero-order chi connectivity index (χ0) is 15.6. The Kier molecular flexibility index (Phi) is 7.71. The van der Waals surface area contributed by atoms with E-state index in [2.05, 4.69) is 0 Å². The van der Waals surface area contributed by atoms with Crippen LogP contribution < -0.4 is 0 Å². The second-order valence-electron chi connectivity index (χ2n) is 6.35. The van der Waals surface area contributed by atoms with Crippen LogP contribution in [0.1, 0.15) is 57.8 Å². The van der Waals surface area contributed by atoms with Crippen molar-refractivity contribution in [3.8, 4) is 0 Å². The third kappa shape index (κ3) is 5.95. The van der Waals surface area contributed by atoms with Crippen LogP contribution in [0.5, 0.6) is 0 Å². The molecule has 0 radical (unpaired) electrons. The summed E-state index contributed by atoms with van der Waals surface area (Å²) in [5.41, 5.74) is 0. The van der Waals surface area contributed by atoms with Gasteiger partial charge in [0.15, 0.2) is 0 Å². The minimum absolute atomic E-state index is 0.273. The first-order valence-corrected chi connectivity index (χ1v) is 8.90. The zero-order valence-corrected chi connectivity index (χ0v) is 13.7. The van der Waals surface area contributed by atoms with Crippen molar-refractivity contribution in [3.05, 3.63) is 0 Å². The molecule has 0 N–H and O–H groups in total. The quantitative estimate of drug-likeness (QED) is 0.646. The molecular weight excluding hydrogens is 280 g/mol. The van der Waals surface area contributed by atoms with Crippen LogP contribution in [0.25, 0.3) is 0 Å². The van der Waals surface area contributed by atoms with Gasteiger partial charge in [-0.15, -0.1) is 0 Å². The number of nitrogens with zero attached hydrogens (tertiary/aromatic N) is 2. The van der Waals surface area contributed by atoms with Crippen LogP contribution in [0.15, 0.2) is 0 Å². The van der Waals surface area contributed by atoms with Gasteiger partial charge in [0.1, 0.15) is 0 Å². The van der Waals surface area contributed by atoms with Crippen LogP contribution in [-0.2, 0) is 14.3 Å². The van der Waals surface area contributed by atoms with E-state index in [1.165, 1.54) is 6.42 Å². The topological polar surface area (TPSA) is 49.9 Å². The van der Waals surface area contributed by atoms with Crippen molar-refractivity contribution in [3.63, 3.8) is 0 Å². The van der Waals surface area contributed by atoms with Gasteiger partial charge in [0.05, 0.1) is 6.61 Å². The Morgan fingerprint density at radius 2 is 1.36 bits per heavy atom. The highest BCUT2D eigenvalue weighted by molar-refractivity contribution is 5.77. The van der Waals surface area contributed by atoms with Crippen LogP contribution in [0.4, 0.5) is 0 Å². The van der Waals surface area contributed by atoms with Crippen LogP contribution in [0.3, 0.4) is 0 Å². The molecule has 2 aliphatic heterocycles. The number of unbranched alkanes of at least 4 members (excludes halogenated alkanes) is 1. The van der Waals surface area contributed by atoms with Gasteiger partial charge in [-0.05, 0) is 38.5 Å². The molecule has 0 bridgehead atoms. The van der Waals surface area contributed by atoms with Crippen molar-refractivity contribution in [2.75, 3.05) is 39.4 Å². The van der Waals surface area contributed by atoms with Crippen molar-refractivity contribution in [2.45, 2.75) is 57.8 Å². The summed E-state index contributed by atoms with van der Waals surface area (Å²) < 4.78 is 5.63. The van der Waals surface area contributed by atoms with Crippen LogP contribution in [-0.4, -0.2) is 61.0 Å². The van der Waals surface area contributed by atoms with E-state index in [-0.39, 0.29) is 5.91 Å². The summed E-state index contributed by atoms with van der Waals surface area (Å²) in [5.74, 6) is 0.594. The number of amides is 2. The molecule has 2 amide bonds. The first-order valence-electron chi connectivity index (χ1n) is 8.90. The van der Waals surface area contributed by atoms with Crippen molar-refractivity contribution in [1.29, 1.82) is 0 Å². The van der Waals surface area contributed by atoms with E-state index in [1.54, 1.807) is 0 Å². The zero-order valence-electron chi connectivity index (χ0n) is 13.7. The molecule has 2 fully saturated rings. The molecule has 0 saturated carbocycles. The van der Waals surface area contributed by atoms with Gasteiger partial charge in [0.2, 0.25) is 11.8 Å². The number of carbonyl (C=O) groups is 2. The molecule has 0 aromatic carbocycles. The molecule has 0 spiro atoms. The van der Waals surface area contributed by atoms with E-state index >= 15 is 0 Å². The lowest BCUT2D eigenvalue weighted by molar-refractivity contribution is -0.134. The average molecular weight is 310 g/mol. The van der Waals surface area contributed by atoms with Crippen molar-refractivity contribution >= 4 is 11.8 Å². The third-order valence-electron chi connectivity index (χ3n) is 4.57. The van der Waals surface area contributed by atoms with Crippen molar-refractivity contribution in [1.82, 2.24) is 9.80 Å². The molecule has 126 valence electrons. The fourth-order valence-electron chi connectivity index (χ4n) is 3.16. The van der Waals surface area contributed by atoms with Crippen LogP contribution in [0.2, 0.25) is 0 Å². The number of piperidine rings is 1. The van der Waals surface area contributed by atoms with Gasteiger partial charge in [-0.1, -0.05) is 6.42 Å². The molecule has 2 heterocycles. The van der Waals surface area contributed by atoms with Gasteiger partial charge >= 0.3 is 0 Å². The lowest BCUT2D eigenvalue weighted by atomic mass is 10.1. The van der Waals surface area contributed by atoms with Gasteiger partial charge in [-0.2, -0.15) is 0 Å². The lowest BCUT2D eigenvalue weighted by Gasteiger charge is -2.26. The largest absolute Gasteiger partial charge is 0.380 e. The second-order valence-corrected chi connectivity index (χ2v) is 6.35. The third-order valence-corrected chi connectivity index (χ3v) is 4.57. The summed E-state index contributed by atoms with van der Waals surface area (Å²) in [6, 6.07) is 0. The Labute approximate surface area is 134 Å². The lowest BCUT2D eigenvalue weighted by Crippen LogP contribution is -2.37. The summed E-state index contributed by atoms with van der Waals surface area (Å²) in [4.78, 5) is 27.4. The Bertz CT molecular complexity index is 360. The van der Waals surface area contributed by atoms with Gasteiger partial charge in [-0.25, -0.2) is 0 Å². The van der Waals surface area contributed by atoms with Crippen molar-refractivity contribution < 1.29 is 14.3 Å². The molecule has 22 heavy (non-hydrogen) atoms. The van der Waals surface area contributed by atoms with Crippen LogP contribution >= 0.6 is 0 Å². The summed E-state index contributed by atoms with van der Waals surface area (Å²) in [7, 11) is 0. The number of likely N-dealkylation sites (tertiary alicyclic amines) is 2. The normalized spacial score (nSPS) is 20.4. The molecule has 2 saturated heterocycles. The highest BCUT2D eigenvalue weighted by atomic mass is 16.5. The van der Waals surface area contributed by atoms with Crippen LogP contribution in [0, 0.1) is 0 Å². The van der Waals surface area contributed by atoms with E-state index < -0.39 is 0 Å². The first-order chi connectivity index (χ1) is 10.8. The molecule has 0 aliphatic carbocycles. The smallest absolute Gasteiger partial charge is 0.222 e. The molecule has 0 aromatic rings. The summed E-state index contributed by atoms with van der Waals surface area (Å²) in [6.07, 6.45) is 8.94. The molecule has 0 aromatic heterocycles. The minimum atomic E-state index is 0.273. The first kappa shape index (κ1) is 17.3. The Balaban J connectivity index is 1.47. The predicted molar refractivity (Wildman–Crippen MR) is 85.5 cm³/mol. The van der Waals surface area contributed by atoms with E-state index in [4.69, 9.17) is 4.74 Å². The number of rotatable bonds is 8. The minimum Gasteiger partial charge on any atom is -0.380 e. The number of carbonyl (C=O) groups excluding carboxylic acids is 2. The SMILES string of the molecule is O=C1CCCCCN1CCCCOCCN1CCCCC1=O. The Morgan fingerprint density at radius 3 is 2.14 bits per heavy atom. The van der Waals surface area contributed by atoms with Gasteiger partial charge in [0, 0.05) is 45.6 Å². The standard InChI is InChI=1S/C17H30N2O3/c20-16-8-2-1-4-10-18(16)12-6-7-14-22-15-13-19-11-5-3-9-17(19)21/h1-15H2. The molecule has 0 unspecified atom stereocenters. The summed E-state index contributed by atoms with van der Waals surface area (Å²) in [6.45, 7) is 4.77.